The molecule has 9 aromatic carbocycles. The van der Waals surface area contributed by atoms with E-state index in [1.807, 2.05) is 0 Å². The quantitative estimate of drug-likeness (QED) is 0.155. The molecule has 0 aliphatic carbocycles. The molecular weight excluding hydrogens is 982 g/mol. The first-order chi connectivity index (χ1) is 38.3. The third kappa shape index (κ3) is 8.73. The maximum Gasteiger partial charge on any atom is 0.336 e. The van der Waals surface area contributed by atoms with Gasteiger partial charge in [-0.25, -0.2) is 0 Å². The largest absolute Gasteiger partial charge is 0.440 e. The van der Waals surface area contributed by atoms with E-state index in [1.54, 1.807) is 0 Å². The number of benzene rings is 9. The molecule has 5 heteroatoms. The van der Waals surface area contributed by atoms with Gasteiger partial charge in [0.05, 0.1) is 16.6 Å². The zero-order valence-corrected chi connectivity index (χ0v) is 50.2. The summed E-state index contributed by atoms with van der Waals surface area (Å²) in [6.45, 7) is 34.9. The number of anilines is 5. The van der Waals surface area contributed by atoms with Crippen molar-refractivity contribution in [2.24, 2.45) is 0 Å². The molecule has 0 fully saturated rings. The summed E-state index contributed by atoms with van der Waals surface area (Å²) in [7, 11) is 0. The fraction of sp³-hybridized carbons (Fsp3) is 0.263. The molecule has 0 saturated carbocycles. The van der Waals surface area contributed by atoms with Gasteiger partial charge in [0.2, 0.25) is 0 Å². The van der Waals surface area contributed by atoms with Crippen LogP contribution in [0, 0.1) is 0 Å². The van der Waals surface area contributed by atoms with Crippen LogP contribution in [0.4, 0.5) is 28.6 Å². The number of aromatic nitrogens is 1. The van der Waals surface area contributed by atoms with Crippen molar-refractivity contribution in [1.29, 1.82) is 0 Å². The van der Waals surface area contributed by atoms with Crippen LogP contribution in [-0.4, -0.2) is 11.4 Å². The van der Waals surface area contributed by atoms with E-state index < -0.39 is 0 Å². The highest BCUT2D eigenvalue weighted by molar-refractivity contribution is 6.93. The van der Waals surface area contributed by atoms with Crippen LogP contribution in [0.1, 0.15) is 132 Å². The SMILES string of the molecule is CC(C)(C)c1ccc(N2B3c4c(cc(C(C)(C)C)cc4-n4c5ccc(N(c6ccc(-c7ccccc7)cc6)c6ccc(-c7ccccc7)cc6)cc5c5cc(C(C)(C)C)cc3c54)-c3c2oc2c(C(C)(C)C)cc(C(C)(C)C)cc32)cc1. The molecule has 0 saturated heterocycles. The highest BCUT2D eigenvalue weighted by Gasteiger charge is 2.48. The Morgan fingerprint density at radius 1 is 0.407 bits per heavy atom. The number of fused-ring (bicyclic) bond motifs is 9. The second-order valence-corrected chi connectivity index (χ2v) is 28.4. The van der Waals surface area contributed by atoms with Crippen molar-refractivity contribution in [1.82, 2.24) is 4.57 Å². The van der Waals surface area contributed by atoms with E-state index in [-0.39, 0.29) is 33.9 Å². The van der Waals surface area contributed by atoms with Gasteiger partial charge in [-0.05, 0) is 161 Å². The van der Waals surface area contributed by atoms with Crippen molar-refractivity contribution < 1.29 is 4.42 Å². The Hall–Kier alpha value is -8.02. The van der Waals surface area contributed by atoms with Crippen LogP contribution in [-0.2, 0) is 27.1 Å². The van der Waals surface area contributed by atoms with Gasteiger partial charge in [-0.3, -0.25) is 0 Å². The van der Waals surface area contributed by atoms with Gasteiger partial charge >= 0.3 is 6.85 Å². The second kappa shape index (κ2) is 18.2. The topological polar surface area (TPSA) is 24.6 Å². The van der Waals surface area contributed by atoms with Crippen molar-refractivity contribution >= 4 is 79.2 Å². The van der Waals surface area contributed by atoms with Crippen LogP contribution >= 0.6 is 0 Å². The van der Waals surface area contributed by atoms with Gasteiger partial charge < -0.3 is 18.7 Å². The molecule has 2 aliphatic rings. The van der Waals surface area contributed by atoms with Crippen molar-refractivity contribution in [3.8, 4) is 39.1 Å². The fourth-order valence-corrected chi connectivity index (χ4v) is 12.8. The highest BCUT2D eigenvalue weighted by Crippen LogP contribution is 2.53. The summed E-state index contributed by atoms with van der Waals surface area (Å²) >= 11 is 0. The highest BCUT2D eigenvalue weighted by atomic mass is 16.4. The standard InChI is InChI=1S/C76H76BN3O/c1-72(2,3)51-30-36-57(37-31-51)80-71-67(62-42-52(73(4,5)6)43-63(70(62)81-71)76(13,14)15)61-41-54(75(10,11)12)45-66-68(61)77(80)64-44-53(74(7,8)9)40-60-59-46-58(38-39-65(59)79(66)69(60)64)78(55-32-26-49(27-33-55)47-22-18-16-19-23-47)56-34-28-50(29-35-56)48-24-20-17-21-25-48/h16-46H,1-15H3. The molecule has 0 spiro atoms. The zero-order valence-electron chi connectivity index (χ0n) is 50.2. The van der Waals surface area contributed by atoms with Crippen LogP contribution in [0.2, 0.25) is 0 Å². The van der Waals surface area contributed by atoms with Gasteiger partial charge in [-0.2, -0.15) is 0 Å². The Morgan fingerprint density at radius 2 is 0.901 bits per heavy atom. The minimum atomic E-state index is -0.207. The van der Waals surface area contributed by atoms with E-state index in [9.17, 15) is 0 Å². The predicted molar refractivity (Wildman–Crippen MR) is 349 cm³/mol. The van der Waals surface area contributed by atoms with Crippen molar-refractivity contribution in [2.45, 2.75) is 131 Å². The summed E-state index contributed by atoms with van der Waals surface area (Å²) < 4.78 is 10.3. The number of hydrogen-bond acceptors (Lipinski definition) is 3. The minimum absolute atomic E-state index is 0.0102. The predicted octanol–water partition coefficient (Wildman–Crippen LogP) is 20.1. The first-order valence-electron chi connectivity index (χ1n) is 29.3. The molecule has 0 unspecified atom stereocenters. The van der Waals surface area contributed by atoms with Gasteiger partial charge in [0.1, 0.15) is 5.58 Å². The molecule has 11 aromatic rings. The molecule has 13 rings (SSSR count). The molecule has 0 amide bonds. The summed E-state index contributed by atoms with van der Waals surface area (Å²) in [6.07, 6.45) is 0. The van der Waals surface area contributed by atoms with E-state index in [0.717, 1.165) is 34.2 Å². The summed E-state index contributed by atoms with van der Waals surface area (Å²) in [5, 5.41) is 3.66. The second-order valence-electron chi connectivity index (χ2n) is 28.4. The average molecular weight is 1060 g/mol. The molecule has 0 atom stereocenters. The minimum Gasteiger partial charge on any atom is -0.440 e. The van der Waals surface area contributed by atoms with E-state index in [2.05, 4.69) is 306 Å². The van der Waals surface area contributed by atoms with Crippen LogP contribution in [0.25, 0.3) is 71.8 Å². The first kappa shape index (κ1) is 52.4. The maximum absolute atomic E-state index is 7.70. The molecule has 81 heavy (non-hydrogen) atoms. The van der Waals surface area contributed by atoms with E-state index in [0.29, 0.717) is 0 Å². The van der Waals surface area contributed by atoms with Crippen LogP contribution < -0.4 is 20.6 Å². The summed E-state index contributed by atoms with van der Waals surface area (Å²) in [5.74, 6) is 0.910. The zero-order chi connectivity index (χ0) is 56.9. The van der Waals surface area contributed by atoms with Gasteiger partial charge in [-0.15, -0.1) is 0 Å². The van der Waals surface area contributed by atoms with Gasteiger partial charge in [-0.1, -0.05) is 219 Å². The van der Waals surface area contributed by atoms with E-state index in [4.69, 9.17) is 4.42 Å². The van der Waals surface area contributed by atoms with Gasteiger partial charge in [0.15, 0.2) is 5.88 Å². The molecule has 2 aliphatic heterocycles. The van der Waals surface area contributed by atoms with E-state index in [1.165, 1.54) is 105 Å². The van der Waals surface area contributed by atoms with Gasteiger partial charge in [0.25, 0.3) is 0 Å². The third-order valence-electron chi connectivity index (χ3n) is 17.5. The Labute approximate surface area is 481 Å². The fourth-order valence-electron chi connectivity index (χ4n) is 12.8. The number of nitrogens with zero attached hydrogens (tertiary/aromatic N) is 3. The summed E-state index contributed by atoms with van der Waals surface area (Å²) in [4.78, 5) is 5.02. The monoisotopic (exact) mass is 1060 g/mol. The van der Waals surface area contributed by atoms with Crippen LogP contribution in [0.3, 0.4) is 0 Å². The van der Waals surface area contributed by atoms with Crippen molar-refractivity contribution in [2.75, 3.05) is 9.71 Å². The lowest BCUT2D eigenvalue weighted by atomic mass is 9.43. The number of hydrogen-bond donors (Lipinski definition) is 0. The summed E-state index contributed by atoms with van der Waals surface area (Å²) in [6, 6.07) is 71.1. The summed E-state index contributed by atoms with van der Waals surface area (Å²) in [5.41, 5.74) is 24.7. The number of furan rings is 1. The lowest BCUT2D eigenvalue weighted by Crippen LogP contribution is -2.60. The maximum atomic E-state index is 7.70. The normalized spacial score (nSPS) is 13.6. The Balaban J connectivity index is 1.12. The lowest BCUT2D eigenvalue weighted by Gasteiger charge is -2.41. The van der Waals surface area contributed by atoms with Crippen LogP contribution in [0.5, 0.6) is 0 Å². The lowest BCUT2D eigenvalue weighted by molar-refractivity contribution is 0.552. The van der Waals surface area contributed by atoms with Crippen molar-refractivity contribution in [3.63, 3.8) is 0 Å². The molecular formula is C76H76BN3O. The Bertz CT molecular complexity index is 4180. The molecule has 2 aromatic heterocycles. The van der Waals surface area contributed by atoms with Crippen molar-refractivity contribution in [3.05, 3.63) is 216 Å². The van der Waals surface area contributed by atoms with E-state index >= 15 is 0 Å². The molecule has 404 valence electrons. The van der Waals surface area contributed by atoms with Crippen LogP contribution in [0.15, 0.2) is 192 Å². The first-order valence-corrected chi connectivity index (χ1v) is 29.3. The molecule has 0 N–H and O–H groups in total. The number of rotatable bonds is 6. The third-order valence-corrected chi connectivity index (χ3v) is 17.5. The Kier molecular flexibility index (Phi) is 11.8. The average Bonchev–Trinajstić information content (AvgIpc) is 1.92. The van der Waals surface area contributed by atoms with Gasteiger partial charge in [0, 0.05) is 50.2 Å². The molecule has 0 bridgehead atoms. The smallest absolute Gasteiger partial charge is 0.336 e. The molecule has 0 radical (unpaired) electrons. The molecule has 4 nitrogen and oxygen atoms in total. The Morgan fingerprint density at radius 3 is 1.43 bits per heavy atom. The molecule has 4 heterocycles.